The molecule has 3 rings (SSSR count). The Morgan fingerprint density at radius 3 is 2.47 bits per heavy atom. The van der Waals surface area contributed by atoms with Gasteiger partial charge in [0.2, 0.25) is 11.9 Å². The molecule has 0 bridgehead atoms. The molecule has 0 aliphatic carbocycles. The van der Waals surface area contributed by atoms with Gasteiger partial charge in [0.25, 0.3) is 0 Å². The third-order valence-electron chi connectivity index (χ3n) is 4.64. The van der Waals surface area contributed by atoms with E-state index >= 15 is 0 Å². The van der Waals surface area contributed by atoms with Crippen molar-refractivity contribution in [3.8, 4) is 11.3 Å². The lowest BCUT2D eigenvalue weighted by Gasteiger charge is -2.25. The first-order chi connectivity index (χ1) is 14.3. The Balaban J connectivity index is 1.98. The predicted octanol–water partition coefficient (Wildman–Crippen LogP) is 4.08. The second kappa shape index (κ2) is 9.52. The number of rotatable bonds is 8. The summed E-state index contributed by atoms with van der Waals surface area (Å²) in [5.41, 5.74) is 3.34. The lowest BCUT2D eigenvalue weighted by atomic mass is 10.1. The van der Waals surface area contributed by atoms with Crippen LogP contribution in [-0.2, 0) is 17.9 Å². The fourth-order valence-corrected chi connectivity index (χ4v) is 3.13. The van der Waals surface area contributed by atoms with Gasteiger partial charge in [0.15, 0.2) is 5.76 Å². The second-order valence-electron chi connectivity index (χ2n) is 8.09. The molecule has 158 valence electrons. The van der Waals surface area contributed by atoms with Crippen LogP contribution in [0.1, 0.15) is 37.2 Å². The van der Waals surface area contributed by atoms with E-state index in [0.29, 0.717) is 31.2 Å². The maximum absolute atomic E-state index is 13.1. The molecule has 7 heteroatoms. The van der Waals surface area contributed by atoms with Gasteiger partial charge in [0, 0.05) is 39.3 Å². The zero-order chi connectivity index (χ0) is 21.7. The molecule has 0 spiro atoms. The fraction of sp³-hybridized carbons (Fsp3) is 0.391. The Hall–Kier alpha value is -3.22. The van der Waals surface area contributed by atoms with Gasteiger partial charge in [0.1, 0.15) is 0 Å². The number of amides is 1. The third kappa shape index (κ3) is 5.43. The fourth-order valence-electron chi connectivity index (χ4n) is 3.13. The van der Waals surface area contributed by atoms with Crippen LogP contribution in [0.5, 0.6) is 0 Å². The minimum Gasteiger partial charge on any atom is -0.356 e. The molecule has 7 nitrogen and oxygen atoms in total. The Kier molecular flexibility index (Phi) is 6.82. The summed E-state index contributed by atoms with van der Waals surface area (Å²) in [6.07, 6.45) is 2.22. The normalized spacial score (nSPS) is 11.0. The van der Waals surface area contributed by atoms with Crippen LogP contribution in [0.3, 0.4) is 0 Å². The average Bonchev–Trinajstić information content (AvgIpc) is 3.13. The van der Waals surface area contributed by atoms with Crippen molar-refractivity contribution in [3.63, 3.8) is 0 Å². The number of hydrogen-bond donors (Lipinski definition) is 0. The van der Waals surface area contributed by atoms with E-state index in [0.717, 1.165) is 22.5 Å². The summed E-state index contributed by atoms with van der Waals surface area (Å²) >= 11 is 0. The molecule has 0 radical (unpaired) electrons. The van der Waals surface area contributed by atoms with Crippen LogP contribution >= 0.6 is 0 Å². The molecular weight excluding hydrogens is 378 g/mol. The van der Waals surface area contributed by atoms with Crippen molar-refractivity contribution in [1.82, 2.24) is 20.0 Å². The molecule has 0 atom stereocenters. The van der Waals surface area contributed by atoms with Crippen LogP contribution in [-0.4, -0.2) is 40.0 Å². The molecule has 0 saturated heterocycles. The zero-order valence-electron chi connectivity index (χ0n) is 18.3. The van der Waals surface area contributed by atoms with Gasteiger partial charge in [-0.1, -0.05) is 49.3 Å². The topological polar surface area (TPSA) is 75.4 Å². The van der Waals surface area contributed by atoms with Crippen LogP contribution in [0, 0.1) is 12.8 Å². The molecule has 1 aromatic carbocycles. The highest BCUT2D eigenvalue weighted by Gasteiger charge is 2.21. The smallest absolute Gasteiger partial charge is 0.225 e. The van der Waals surface area contributed by atoms with E-state index in [-0.39, 0.29) is 11.8 Å². The summed E-state index contributed by atoms with van der Waals surface area (Å²) in [6, 6.07) is 11.9. The Morgan fingerprint density at radius 2 is 1.87 bits per heavy atom. The number of aryl methyl sites for hydroxylation is 1. The highest BCUT2D eigenvalue weighted by molar-refractivity contribution is 5.76. The van der Waals surface area contributed by atoms with Crippen LogP contribution in [0.4, 0.5) is 5.95 Å². The molecule has 0 aliphatic heterocycles. The Labute approximate surface area is 177 Å². The average molecular weight is 408 g/mol. The van der Waals surface area contributed by atoms with E-state index in [1.165, 1.54) is 0 Å². The molecular formula is C23H29N5O2. The molecule has 0 fully saturated rings. The van der Waals surface area contributed by atoms with Crippen molar-refractivity contribution < 1.29 is 9.32 Å². The molecule has 0 N–H and O–H groups in total. The number of anilines is 1. The van der Waals surface area contributed by atoms with E-state index in [2.05, 4.69) is 24.0 Å². The maximum atomic E-state index is 13.1. The summed E-state index contributed by atoms with van der Waals surface area (Å²) in [4.78, 5) is 25.9. The third-order valence-corrected chi connectivity index (χ3v) is 4.64. The highest BCUT2D eigenvalue weighted by Crippen LogP contribution is 2.26. The molecule has 3 aromatic rings. The van der Waals surface area contributed by atoms with Gasteiger partial charge in [-0.3, -0.25) is 4.79 Å². The highest BCUT2D eigenvalue weighted by atomic mass is 16.5. The predicted molar refractivity (Wildman–Crippen MR) is 117 cm³/mol. The molecule has 2 heterocycles. The number of carbonyl (C=O) groups is 1. The maximum Gasteiger partial charge on any atom is 0.225 e. The van der Waals surface area contributed by atoms with Gasteiger partial charge in [-0.05, 0) is 18.4 Å². The largest absolute Gasteiger partial charge is 0.356 e. The van der Waals surface area contributed by atoms with Crippen molar-refractivity contribution >= 4 is 11.9 Å². The molecule has 0 unspecified atom stereocenters. The van der Waals surface area contributed by atoms with Crippen molar-refractivity contribution in [2.24, 2.45) is 5.92 Å². The van der Waals surface area contributed by atoms with Crippen molar-refractivity contribution in [3.05, 3.63) is 59.5 Å². The van der Waals surface area contributed by atoms with Crippen LogP contribution in [0.15, 0.2) is 47.1 Å². The summed E-state index contributed by atoms with van der Waals surface area (Å²) in [5.74, 6) is 1.55. The van der Waals surface area contributed by atoms with Gasteiger partial charge in [-0.2, -0.15) is 0 Å². The van der Waals surface area contributed by atoms with Gasteiger partial charge < -0.3 is 14.3 Å². The van der Waals surface area contributed by atoms with Crippen LogP contribution < -0.4 is 4.90 Å². The quantitative estimate of drug-likeness (QED) is 0.560. The molecule has 0 aliphatic rings. The summed E-state index contributed by atoms with van der Waals surface area (Å²) in [5, 5.41) is 3.99. The van der Waals surface area contributed by atoms with E-state index in [4.69, 9.17) is 9.51 Å². The minimum absolute atomic E-state index is 0.0959. The van der Waals surface area contributed by atoms with Crippen LogP contribution in [0.25, 0.3) is 11.3 Å². The van der Waals surface area contributed by atoms with Crippen LogP contribution in [0.2, 0.25) is 0 Å². The van der Waals surface area contributed by atoms with Crippen molar-refractivity contribution in [2.45, 2.75) is 40.3 Å². The van der Waals surface area contributed by atoms with E-state index in [1.54, 1.807) is 6.20 Å². The van der Waals surface area contributed by atoms with Crippen molar-refractivity contribution in [1.29, 1.82) is 0 Å². The number of carbonyl (C=O) groups excluding carboxylic acids is 1. The Morgan fingerprint density at radius 1 is 1.13 bits per heavy atom. The number of nitrogens with zero attached hydrogens (tertiary/aromatic N) is 5. The lowest BCUT2D eigenvalue weighted by molar-refractivity contribution is -0.133. The number of hydrogen-bond acceptors (Lipinski definition) is 6. The van der Waals surface area contributed by atoms with Gasteiger partial charge in [-0.15, -0.1) is 0 Å². The Bertz CT molecular complexity index is 982. The lowest BCUT2D eigenvalue weighted by Crippen LogP contribution is -2.31. The van der Waals surface area contributed by atoms with E-state index in [9.17, 15) is 4.79 Å². The first kappa shape index (κ1) is 21.5. The van der Waals surface area contributed by atoms with Gasteiger partial charge >= 0.3 is 0 Å². The monoisotopic (exact) mass is 407 g/mol. The minimum atomic E-state index is 0.0959. The summed E-state index contributed by atoms with van der Waals surface area (Å²) in [7, 11) is 3.78. The number of aromatic nitrogens is 3. The van der Waals surface area contributed by atoms with Gasteiger partial charge in [0.05, 0.1) is 23.5 Å². The SMILES string of the molecule is Cc1cc(-c2cnc(N(C)C)nc2CN(Cc2ccccc2)C(=O)CC(C)C)on1. The van der Waals surface area contributed by atoms with E-state index in [1.807, 2.05) is 67.2 Å². The summed E-state index contributed by atoms with van der Waals surface area (Å²) in [6.45, 7) is 6.85. The molecule has 30 heavy (non-hydrogen) atoms. The molecule has 2 aromatic heterocycles. The van der Waals surface area contributed by atoms with Gasteiger partial charge in [-0.25, -0.2) is 9.97 Å². The first-order valence-electron chi connectivity index (χ1n) is 10.1. The van der Waals surface area contributed by atoms with Crippen molar-refractivity contribution in [2.75, 3.05) is 19.0 Å². The van der Waals surface area contributed by atoms with E-state index < -0.39 is 0 Å². The summed E-state index contributed by atoms with van der Waals surface area (Å²) < 4.78 is 5.47. The second-order valence-corrected chi connectivity index (χ2v) is 8.09. The molecule has 1 amide bonds. The zero-order valence-corrected chi connectivity index (χ0v) is 18.3. The molecule has 0 saturated carbocycles. The number of benzene rings is 1. The standard InChI is InChI=1S/C23H29N5O2/c1-16(2)11-22(29)28(14-18-9-7-6-8-10-18)15-20-19(21-12-17(3)26-30-21)13-24-23(25-20)27(4)5/h6-10,12-13,16H,11,14-15H2,1-5H3. The first-order valence-corrected chi connectivity index (χ1v) is 10.1.